The lowest BCUT2D eigenvalue weighted by molar-refractivity contribution is 0.636. The van der Waals surface area contributed by atoms with E-state index in [1.807, 2.05) is 38.1 Å². The number of nitrogens with zero attached hydrogens (tertiary/aromatic N) is 4. The standard InChI is InChI=1S/C15H16N4O/c1-11-6-12(8-16)4-5-13(11)10-19-15(20)7-14(9-17-19)18(2)3/h4-7,9H,10H2,1-3H3. The molecule has 1 aromatic carbocycles. The molecular weight excluding hydrogens is 252 g/mol. The first-order valence-corrected chi connectivity index (χ1v) is 6.25. The fourth-order valence-electron chi connectivity index (χ4n) is 1.89. The predicted molar refractivity (Wildman–Crippen MR) is 77.8 cm³/mol. The second kappa shape index (κ2) is 5.57. The normalized spacial score (nSPS) is 10.1. The fourth-order valence-corrected chi connectivity index (χ4v) is 1.89. The Bertz CT molecular complexity index is 725. The average molecular weight is 268 g/mol. The van der Waals surface area contributed by atoms with Crippen LogP contribution >= 0.6 is 0 Å². The number of hydrogen-bond acceptors (Lipinski definition) is 4. The van der Waals surface area contributed by atoms with E-state index in [0.717, 1.165) is 16.8 Å². The summed E-state index contributed by atoms with van der Waals surface area (Å²) in [7, 11) is 3.73. The van der Waals surface area contributed by atoms with Crippen molar-refractivity contribution in [1.29, 1.82) is 5.26 Å². The molecule has 1 heterocycles. The van der Waals surface area contributed by atoms with Gasteiger partial charge < -0.3 is 4.90 Å². The van der Waals surface area contributed by atoms with Gasteiger partial charge in [0.1, 0.15) is 0 Å². The maximum atomic E-state index is 12.0. The van der Waals surface area contributed by atoms with Crippen molar-refractivity contribution in [3.05, 3.63) is 57.5 Å². The monoisotopic (exact) mass is 268 g/mol. The lowest BCUT2D eigenvalue weighted by Crippen LogP contribution is -2.24. The molecule has 0 unspecified atom stereocenters. The largest absolute Gasteiger partial charge is 0.376 e. The van der Waals surface area contributed by atoms with Gasteiger partial charge in [-0.3, -0.25) is 4.79 Å². The lowest BCUT2D eigenvalue weighted by Gasteiger charge is -2.13. The molecule has 102 valence electrons. The summed E-state index contributed by atoms with van der Waals surface area (Å²) < 4.78 is 1.42. The second-order valence-corrected chi connectivity index (χ2v) is 4.86. The van der Waals surface area contributed by atoms with Gasteiger partial charge in [0.05, 0.1) is 30.1 Å². The van der Waals surface area contributed by atoms with Gasteiger partial charge in [0.2, 0.25) is 0 Å². The number of nitriles is 1. The van der Waals surface area contributed by atoms with E-state index >= 15 is 0 Å². The van der Waals surface area contributed by atoms with Crippen LogP contribution in [0.2, 0.25) is 0 Å². The van der Waals surface area contributed by atoms with Crippen molar-refractivity contribution >= 4 is 5.69 Å². The van der Waals surface area contributed by atoms with Gasteiger partial charge in [-0.15, -0.1) is 0 Å². The number of anilines is 1. The molecule has 0 aliphatic rings. The first-order valence-electron chi connectivity index (χ1n) is 6.25. The molecule has 0 fully saturated rings. The summed E-state index contributed by atoms with van der Waals surface area (Å²) in [6.07, 6.45) is 1.67. The van der Waals surface area contributed by atoms with Gasteiger partial charge >= 0.3 is 0 Å². The van der Waals surface area contributed by atoms with Gasteiger partial charge in [0.15, 0.2) is 0 Å². The van der Waals surface area contributed by atoms with E-state index < -0.39 is 0 Å². The molecule has 5 nitrogen and oxygen atoms in total. The first kappa shape index (κ1) is 13.8. The Hall–Kier alpha value is -2.61. The molecule has 20 heavy (non-hydrogen) atoms. The lowest BCUT2D eigenvalue weighted by atomic mass is 10.1. The van der Waals surface area contributed by atoms with Gasteiger partial charge in [-0.05, 0) is 30.2 Å². The Balaban J connectivity index is 2.31. The molecular formula is C15H16N4O. The van der Waals surface area contributed by atoms with Crippen LogP contribution in [0.5, 0.6) is 0 Å². The SMILES string of the molecule is Cc1cc(C#N)ccc1Cn1ncc(N(C)C)cc1=O. The number of aryl methyl sites for hydroxylation is 1. The molecule has 0 atom stereocenters. The zero-order chi connectivity index (χ0) is 14.7. The Morgan fingerprint density at radius 1 is 1.35 bits per heavy atom. The van der Waals surface area contributed by atoms with Crippen LogP contribution in [0.25, 0.3) is 0 Å². The Morgan fingerprint density at radius 2 is 2.10 bits per heavy atom. The highest BCUT2D eigenvalue weighted by atomic mass is 16.1. The summed E-state index contributed by atoms with van der Waals surface area (Å²) in [5, 5.41) is 13.0. The zero-order valence-electron chi connectivity index (χ0n) is 11.8. The van der Waals surface area contributed by atoms with E-state index in [4.69, 9.17) is 5.26 Å². The highest BCUT2D eigenvalue weighted by Gasteiger charge is 2.05. The van der Waals surface area contributed by atoms with Crippen molar-refractivity contribution in [2.24, 2.45) is 0 Å². The van der Waals surface area contributed by atoms with Crippen LogP contribution in [-0.2, 0) is 6.54 Å². The number of aromatic nitrogens is 2. The van der Waals surface area contributed by atoms with Crippen LogP contribution in [0, 0.1) is 18.3 Å². The second-order valence-electron chi connectivity index (χ2n) is 4.86. The van der Waals surface area contributed by atoms with E-state index in [-0.39, 0.29) is 5.56 Å². The van der Waals surface area contributed by atoms with E-state index in [1.54, 1.807) is 18.3 Å². The summed E-state index contributed by atoms with van der Waals surface area (Å²) in [5.74, 6) is 0. The summed E-state index contributed by atoms with van der Waals surface area (Å²) in [5.41, 5.74) is 3.22. The topological polar surface area (TPSA) is 61.9 Å². The van der Waals surface area contributed by atoms with Crippen LogP contribution in [0.1, 0.15) is 16.7 Å². The van der Waals surface area contributed by atoms with Gasteiger partial charge in [0, 0.05) is 20.2 Å². The summed E-state index contributed by atoms with van der Waals surface area (Å²) >= 11 is 0. The van der Waals surface area contributed by atoms with Crippen LogP contribution in [0.15, 0.2) is 35.3 Å². The molecule has 0 saturated heterocycles. The minimum atomic E-state index is -0.139. The number of benzene rings is 1. The third-order valence-corrected chi connectivity index (χ3v) is 3.16. The van der Waals surface area contributed by atoms with Gasteiger partial charge in [-0.1, -0.05) is 6.07 Å². The minimum absolute atomic E-state index is 0.139. The molecule has 0 amide bonds. The van der Waals surface area contributed by atoms with Crippen molar-refractivity contribution in [2.45, 2.75) is 13.5 Å². The van der Waals surface area contributed by atoms with Gasteiger partial charge in [-0.2, -0.15) is 10.4 Å². The summed E-state index contributed by atoms with van der Waals surface area (Å²) in [4.78, 5) is 13.8. The molecule has 0 aliphatic heterocycles. The third-order valence-electron chi connectivity index (χ3n) is 3.16. The Kier molecular flexibility index (Phi) is 3.85. The van der Waals surface area contributed by atoms with Crippen LogP contribution < -0.4 is 10.5 Å². The van der Waals surface area contributed by atoms with E-state index in [2.05, 4.69) is 11.2 Å². The Labute approximate surface area is 117 Å². The van der Waals surface area contributed by atoms with E-state index in [1.165, 1.54) is 4.68 Å². The summed E-state index contributed by atoms with van der Waals surface area (Å²) in [6, 6.07) is 9.09. The van der Waals surface area contributed by atoms with Crippen molar-refractivity contribution < 1.29 is 0 Å². The molecule has 0 aliphatic carbocycles. The number of rotatable bonds is 3. The predicted octanol–water partition coefficient (Wildman–Crippen LogP) is 1.54. The molecule has 5 heteroatoms. The first-order chi connectivity index (χ1) is 9.51. The number of hydrogen-bond donors (Lipinski definition) is 0. The van der Waals surface area contributed by atoms with Crippen LogP contribution in [0.3, 0.4) is 0 Å². The Morgan fingerprint density at radius 3 is 2.65 bits per heavy atom. The van der Waals surface area contributed by atoms with Crippen molar-refractivity contribution in [1.82, 2.24) is 9.78 Å². The van der Waals surface area contributed by atoms with Crippen molar-refractivity contribution in [3.63, 3.8) is 0 Å². The van der Waals surface area contributed by atoms with Crippen molar-refractivity contribution in [3.8, 4) is 6.07 Å². The molecule has 0 spiro atoms. The highest BCUT2D eigenvalue weighted by molar-refractivity contribution is 5.41. The molecule has 0 radical (unpaired) electrons. The molecule has 0 saturated carbocycles. The van der Waals surface area contributed by atoms with Crippen molar-refractivity contribution in [2.75, 3.05) is 19.0 Å². The quantitative estimate of drug-likeness (QED) is 0.847. The summed E-state index contributed by atoms with van der Waals surface area (Å²) in [6.45, 7) is 2.33. The minimum Gasteiger partial charge on any atom is -0.376 e. The maximum absolute atomic E-state index is 12.0. The fraction of sp³-hybridized carbons (Fsp3) is 0.267. The zero-order valence-corrected chi connectivity index (χ0v) is 11.8. The molecule has 0 bridgehead atoms. The maximum Gasteiger partial charge on any atom is 0.269 e. The van der Waals surface area contributed by atoms with Crippen LogP contribution in [-0.4, -0.2) is 23.9 Å². The van der Waals surface area contributed by atoms with Crippen LogP contribution in [0.4, 0.5) is 5.69 Å². The molecule has 1 aromatic heterocycles. The molecule has 0 N–H and O–H groups in total. The molecule has 2 rings (SSSR count). The van der Waals surface area contributed by atoms with E-state index in [0.29, 0.717) is 12.1 Å². The average Bonchev–Trinajstić information content (AvgIpc) is 2.42. The smallest absolute Gasteiger partial charge is 0.269 e. The van der Waals surface area contributed by atoms with Gasteiger partial charge in [-0.25, -0.2) is 4.68 Å². The third kappa shape index (κ3) is 2.86. The van der Waals surface area contributed by atoms with E-state index in [9.17, 15) is 4.79 Å². The molecule has 2 aromatic rings. The van der Waals surface area contributed by atoms with Gasteiger partial charge in [0.25, 0.3) is 5.56 Å². The highest BCUT2D eigenvalue weighted by Crippen LogP contribution is 2.11.